The largest absolute Gasteiger partial charge is 0.326 e. The molecule has 0 atom stereocenters. The molecule has 0 unspecified atom stereocenters. The minimum absolute atomic E-state index is 0.104. The van der Waals surface area contributed by atoms with Gasteiger partial charge in [0.25, 0.3) is 0 Å². The van der Waals surface area contributed by atoms with Crippen LogP contribution < -0.4 is 5.32 Å². The Morgan fingerprint density at radius 1 is 1.11 bits per heavy atom. The van der Waals surface area contributed by atoms with Crippen LogP contribution in [0.25, 0.3) is 0 Å². The Hall–Kier alpha value is -1.97. The summed E-state index contributed by atoms with van der Waals surface area (Å²) in [5.74, 6) is -0.807. The average molecular weight is 247 g/mol. The standard InChI is InChI=1S/C14H17NO3/c1-8(2)14(18)11-6-5-7-12(15-10(4)17)13(11)9(3)16/h5-8H,1-4H3,(H,15,17). The van der Waals surface area contributed by atoms with Crippen LogP contribution in [-0.4, -0.2) is 17.5 Å². The van der Waals surface area contributed by atoms with E-state index in [9.17, 15) is 14.4 Å². The van der Waals surface area contributed by atoms with Crippen molar-refractivity contribution in [1.82, 2.24) is 0 Å². The van der Waals surface area contributed by atoms with Gasteiger partial charge in [-0.15, -0.1) is 0 Å². The summed E-state index contributed by atoms with van der Waals surface area (Å²) in [6.07, 6.45) is 0. The fourth-order valence-electron chi connectivity index (χ4n) is 1.74. The fourth-order valence-corrected chi connectivity index (χ4v) is 1.74. The number of rotatable bonds is 4. The Morgan fingerprint density at radius 3 is 2.17 bits per heavy atom. The predicted octanol–water partition coefficient (Wildman–Crippen LogP) is 2.69. The van der Waals surface area contributed by atoms with Crippen molar-refractivity contribution in [2.75, 3.05) is 5.32 Å². The van der Waals surface area contributed by atoms with Gasteiger partial charge < -0.3 is 5.32 Å². The molecule has 0 saturated carbocycles. The van der Waals surface area contributed by atoms with E-state index in [0.29, 0.717) is 11.3 Å². The Morgan fingerprint density at radius 2 is 1.72 bits per heavy atom. The van der Waals surface area contributed by atoms with Crippen molar-refractivity contribution in [1.29, 1.82) is 0 Å². The molecule has 0 aromatic heterocycles. The van der Waals surface area contributed by atoms with Crippen molar-refractivity contribution < 1.29 is 14.4 Å². The van der Waals surface area contributed by atoms with E-state index in [2.05, 4.69) is 5.32 Å². The first-order chi connectivity index (χ1) is 8.34. The first-order valence-electron chi connectivity index (χ1n) is 5.80. The van der Waals surface area contributed by atoms with Crippen molar-refractivity contribution in [3.8, 4) is 0 Å². The van der Waals surface area contributed by atoms with Crippen LogP contribution in [0.15, 0.2) is 18.2 Å². The minimum Gasteiger partial charge on any atom is -0.326 e. The molecule has 1 amide bonds. The third kappa shape index (κ3) is 3.03. The highest BCUT2D eigenvalue weighted by molar-refractivity contribution is 6.13. The van der Waals surface area contributed by atoms with Crippen LogP contribution in [-0.2, 0) is 4.79 Å². The van der Waals surface area contributed by atoms with Gasteiger partial charge in [-0.2, -0.15) is 0 Å². The van der Waals surface area contributed by atoms with Gasteiger partial charge in [0.05, 0.1) is 11.3 Å². The molecule has 1 rings (SSSR count). The number of anilines is 1. The zero-order chi connectivity index (χ0) is 13.9. The number of hydrogen-bond acceptors (Lipinski definition) is 3. The molecular weight excluding hydrogens is 230 g/mol. The molecule has 0 fully saturated rings. The van der Waals surface area contributed by atoms with E-state index in [4.69, 9.17) is 0 Å². The Balaban J connectivity index is 3.39. The van der Waals surface area contributed by atoms with Crippen LogP contribution in [0, 0.1) is 5.92 Å². The van der Waals surface area contributed by atoms with Crippen LogP contribution in [0.1, 0.15) is 48.4 Å². The van der Waals surface area contributed by atoms with Gasteiger partial charge in [0, 0.05) is 18.4 Å². The quantitative estimate of drug-likeness (QED) is 0.832. The molecule has 4 heteroatoms. The summed E-state index contributed by atoms with van der Waals surface area (Å²) in [7, 11) is 0. The molecule has 0 heterocycles. The van der Waals surface area contributed by atoms with Gasteiger partial charge in [-0.1, -0.05) is 26.0 Å². The second kappa shape index (κ2) is 5.58. The smallest absolute Gasteiger partial charge is 0.221 e. The van der Waals surface area contributed by atoms with E-state index in [-0.39, 0.29) is 29.0 Å². The molecule has 0 bridgehead atoms. The number of ketones is 2. The summed E-state index contributed by atoms with van der Waals surface area (Å²) in [5, 5.41) is 2.58. The number of carbonyl (C=O) groups excluding carboxylic acids is 3. The summed E-state index contributed by atoms with van der Waals surface area (Å²) < 4.78 is 0. The van der Waals surface area contributed by atoms with Crippen LogP contribution in [0.4, 0.5) is 5.69 Å². The predicted molar refractivity (Wildman–Crippen MR) is 69.9 cm³/mol. The summed E-state index contributed by atoms with van der Waals surface area (Å²) in [6, 6.07) is 4.90. The van der Waals surface area contributed by atoms with Crippen molar-refractivity contribution >= 4 is 23.2 Å². The van der Waals surface area contributed by atoms with E-state index in [0.717, 1.165) is 0 Å². The summed E-state index contributed by atoms with van der Waals surface area (Å²) in [4.78, 5) is 34.8. The molecule has 0 aliphatic heterocycles. The molecular formula is C14H17NO3. The van der Waals surface area contributed by atoms with Gasteiger partial charge in [-0.3, -0.25) is 14.4 Å². The highest BCUT2D eigenvalue weighted by atomic mass is 16.1. The summed E-state index contributed by atoms with van der Waals surface area (Å²) >= 11 is 0. The molecule has 0 spiro atoms. The SMILES string of the molecule is CC(=O)Nc1cccc(C(=O)C(C)C)c1C(C)=O. The maximum atomic E-state index is 12.0. The zero-order valence-corrected chi connectivity index (χ0v) is 11.0. The number of nitrogens with one attached hydrogen (secondary N) is 1. The first kappa shape index (κ1) is 14.1. The fraction of sp³-hybridized carbons (Fsp3) is 0.357. The van der Waals surface area contributed by atoms with Gasteiger partial charge in [-0.05, 0) is 13.0 Å². The van der Waals surface area contributed by atoms with Crippen molar-refractivity contribution in [2.45, 2.75) is 27.7 Å². The second-order valence-corrected chi connectivity index (χ2v) is 4.48. The lowest BCUT2D eigenvalue weighted by Crippen LogP contribution is -2.16. The van der Waals surface area contributed by atoms with E-state index in [1.165, 1.54) is 13.8 Å². The molecule has 0 radical (unpaired) electrons. The van der Waals surface area contributed by atoms with Gasteiger partial charge >= 0.3 is 0 Å². The molecule has 4 nitrogen and oxygen atoms in total. The minimum atomic E-state index is -0.272. The topological polar surface area (TPSA) is 63.2 Å². The number of carbonyl (C=O) groups is 3. The zero-order valence-electron chi connectivity index (χ0n) is 11.0. The van der Waals surface area contributed by atoms with Crippen LogP contribution in [0.3, 0.4) is 0 Å². The lowest BCUT2D eigenvalue weighted by Gasteiger charge is -2.13. The van der Waals surface area contributed by atoms with Crippen molar-refractivity contribution in [3.63, 3.8) is 0 Å². The van der Waals surface area contributed by atoms with E-state index < -0.39 is 0 Å². The van der Waals surface area contributed by atoms with E-state index >= 15 is 0 Å². The Bertz CT molecular complexity index is 504. The van der Waals surface area contributed by atoms with Crippen LogP contribution in [0.5, 0.6) is 0 Å². The molecule has 96 valence electrons. The lowest BCUT2D eigenvalue weighted by atomic mass is 9.93. The van der Waals surface area contributed by atoms with Gasteiger partial charge in [0.2, 0.25) is 5.91 Å². The number of amides is 1. The maximum absolute atomic E-state index is 12.0. The van der Waals surface area contributed by atoms with Gasteiger partial charge in [-0.25, -0.2) is 0 Å². The first-order valence-corrected chi connectivity index (χ1v) is 5.80. The molecule has 0 aliphatic rings. The molecule has 1 aromatic carbocycles. The summed E-state index contributed by atoms with van der Waals surface area (Å²) in [6.45, 7) is 6.30. The Labute approximate surface area is 106 Å². The van der Waals surface area contributed by atoms with Crippen LogP contribution in [0.2, 0.25) is 0 Å². The van der Waals surface area contributed by atoms with E-state index in [1.807, 2.05) is 0 Å². The number of benzene rings is 1. The van der Waals surface area contributed by atoms with Crippen molar-refractivity contribution in [3.05, 3.63) is 29.3 Å². The maximum Gasteiger partial charge on any atom is 0.221 e. The third-order valence-corrected chi connectivity index (χ3v) is 2.52. The molecule has 1 N–H and O–H groups in total. The second-order valence-electron chi connectivity index (χ2n) is 4.48. The number of Topliss-reactive ketones (excluding diaryl/α,β-unsaturated/α-hetero) is 2. The van der Waals surface area contributed by atoms with Crippen molar-refractivity contribution in [2.24, 2.45) is 5.92 Å². The van der Waals surface area contributed by atoms with Gasteiger partial charge in [0.15, 0.2) is 11.6 Å². The third-order valence-electron chi connectivity index (χ3n) is 2.52. The summed E-state index contributed by atoms with van der Waals surface area (Å²) in [5.41, 5.74) is 1.04. The lowest BCUT2D eigenvalue weighted by molar-refractivity contribution is -0.114. The molecule has 18 heavy (non-hydrogen) atoms. The molecule has 0 saturated heterocycles. The Kier molecular flexibility index (Phi) is 4.37. The normalized spacial score (nSPS) is 10.3. The highest BCUT2D eigenvalue weighted by Gasteiger charge is 2.20. The monoisotopic (exact) mass is 247 g/mol. The average Bonchev–Trinajstić information content (AvgIpc) is 2.26. The number of hydrogen-bond donors (Lipinski definition) is 1. The molecule has 1 aromatic rings. The van der Waals surface area contributed by atoms with Gasteiger partial charge in [0.1, 0.15) is 0 Å². The van der Waals surface area contributed by atoms with E-state index in [1.54, 1.807) is 32.0 Å². The van der Waals surface area contributed by atoms with Crippen LogP contribution >= 0.6 is 0 Å². The highest BCUT2D eigenvalue weighted by Crippen LogP contribution is 2.23. The molecule has 0 aliphatic carbocycles.